The molecule has 1 fully saturated rings. The first-order chi connectivity index (χ1) is 13.8. The van der Waals surface area contributed by atoms with Gasteiger partial charge in [0.1, 0.15) is 5.82 Å². The summed E-state index contributed by atoms with van der Waals surface area (Å²) in [6.45, 7) is 3.12. The number of para-hydroxylation sites is 2. The van der Waals surface area contributed by atoms with Crippen molar-refractivity contribution in [1.82, 2.24) is 19.9 Å². The molecule has 0 unspecified atom stereocenters. The molecule has 0 spiro atoms. The number of aromatic nitrogens is 3. The molecule has 5 nitrogen and oxygen atoms in total. The fourth-order valence-corrected chi connectivity index (χ4v) is 4.43. The van der Waals surface area contributed by atoms with Crippen molar-refractivity contribution in [2.24, 2.45) is 0 Å². The number of imidazole rings is 1. The van der Waals surface area contributed by atoms with Crippen LogP contribution in [-0.2, 0) is 0 Å². The molecule has 2 aromatic heterocycles. The number of piperidine rings is 1. The van der Waals surface area contributed by atoms with Crippen LogP contribution in [0.1, 0.15) is 67.7 Å². The van der Waals surface area contributed by atoms with Gasteiger partial charge >= 0.3 is 0 Å². The highest BCUT2D eigenvalue weighted by atomic mass is 15.2. The van der Waals surface area contributed by atoms with Crippen molar-refractivity contribution in [3.05, 3.63) is 59.7 Å². The molecule has 1 saturated heterocycles. The van der Waals surface area contributed by atoms with Crippen molar-refractivity contribution < 1.29 is 0 Å². The van der Waals surface area contributed by atoms with Crippen LogP contribution >= 0.6 is 0 Å². The zero-order chi connectivity index (χ0) is 19.3. The Kier molecular flexibility index (Phi) is 5.68. The Balaban J connectivity index is 1.66. The number of hydrogen-bond donors (Lipinski definition) is 1. The van der Waals surface area contributed by atoms with Gasteiger partial charge in [-0.2, -0.15) is 5.26 Å². The van der Waals surface area contributed by atoms with Crippen LogP contribution in [0.25, 0.3) is 11.0 Å². The molecule has 0 bridgehead atoms. The van der Waals surface area contributed by atoms with Crippen molar-refractivity contribution in [3.63, 3.8) is 0 Å². The molecule has 1 aromatic carbocycles. The number of rotatable bonds is 6. The van der Waals surface area contributed by atoms with Gasteiger partial charge in [-0.15, -0.1) is 0 Å². The van der Waals surface area contributed by atoms with Gasteiger partial charge < -0.3 is 4.98 Å². The Morgan fingerprint density at radius 2 is 2.00 bits per heavy atom. The maximum atomic E-state index is 8.89. The number of H-pyrrole nitrogens is 1. The van der Waals surface area contributed by atoms with Crippen molar-refractivity contribution in [2.45, 2.75) is 57.5 Å². The lowest BCUT2D eigenvalue weighted by Gasteiger charge is -2.41. The molecule has 144 valence electrons. The predicted molar refractivity (Wildman–Crippen MR) is 111 cm³/mol. The van der Waals surface area contributed by atoms with Gasteiger partial charge in [-0.1, -0.05) is 18.2 Å². The number of likely N-dealkylation sites (tertiary alicyclic amines) is 1. The Hall–Kier alpha value is -2.71. The fourth-order valence-electron chi connectivity index (χ4n) is 4.43. The molecule has 3 aromatic rings. The number of hydrogen-bond acceptors (Lipinski definition) is 4. The molecular weight excluding hydrogens is 346 g/mol. The van der Waals surface area contributed by atoms with E-state index in [4.69, 9.17) is 15.2 Å². The summed E-state index contributed by atoms with van der Waals surface area (Å²) in [6, 6.07) is 15.2. The molecule has 4 rings (SSSR count). The van der Waals surface area contributed by atoms with Gasteiger partial charge in [0.25, 0.3) is 0 Å². The topological polar surface area (TPSA) is 68.6 Å². The van der Waals surface area contributed by atoms with E-state index < -0.39 is 0 Å². The minimum atomic E-state index is 0.259. The van der Waals surface area contributed by atoms with E-state index in [2.05, 4.69) is 41.1 Å². The third kappa shape index (κ3) is 3.79. The van der Waals surface area contributed by atoms with Crippen LogP contribution in [0.2, 0.25) is 0 Å². The number of fused-ring (bicyclic) bond motifs is 1. The average molecular weight is 374 g/mol. The molecular formula is C23H27N5. The van der Waals surface area contributed by atoms with E-state index in [1.165, 1.54) is 11.3 Å². The van der Waals surface area contributed by atoms with Gasteiger partial charge in [0.05, 0.1) is 34.9 Å². The first kappa shape index (κ1) is 18.6. The average Bonchev–Trinajstić information content (AvgIpc) is 3.16. The SMILES string of the molecule is Cc1cccnc1[C@@H]1CCC[C@H](c2nc3ccccc3[nH]2)N1CCCCC#N. The molecule has 0 aliphatic carbocycles. The monoisotopic (exact) mass is 373 g/mol. The van der Waals surface area contributed by atoms with Gasteiger partial charge in [0.2, 0.25) is 0 Å². The fraction of sp³-hybridized carbons (Fsp3) is 0.435. The van der Waals surface area contributed by atoms with Crippen molar-refractivity contribution in [1.29, 1.82) is 5.26 Å². The van der Waals surface area contributed by atoms with Crippen LogP contribution < -0.4 is 0 Å². The summed E-state index contributed by atoms with van der Waals surface area (Å²) in [5.41, 5.74) is 4.56. The number of nitrogens with one attached hydrogen (secondary N) is 1. The molecule has 0 radical (unpaired) electrons. The highest BCUT2D eigenvalue weighted by Gasteiger charge is 2.35. The molecule has 5 heteroatoms. The van der Waals surface area contributed by atoms with Gasteiger partial charge in [0.15, 0.2) is 0 Å². The highest BCUT2D eigenvalue weighted by molar-refractivity contribution is 5.74. The van der Waals surface area contributed by atoms with Crippen LogP contribution in [0, 0.1) is 18.3 Å². The molecule has 1 aliphatic heterocycles. The minimum Gasteiger partial charge on any atom is -0.341 e. The molecule has 1 N–H and O–H groups in total. The highest BCUT2D eigenvalue weighted by Crippen LogP contribution is 2.41. The summed E-state index contributed by atoms with van der Waals surface area (Å²) in [5, 5.41) is 8.89. The number of nitriles is 1. The van der Waals surface area contributed by atoms with Crippen LogP contribution in [0.15, 0.2) is 42.6 Å². The summed E-state index contributed by atoms with van der Waals surface area (Å²) in [5.74, 6) is 1.06. The van der Waals surface area contributed by atoms with Crippen LogP contribution in [0.3, 0.4) is 0 Å². The van der Waals surface area contributed by atoms with Crippen LogP contribution in [0.5, 0.6) is 0 Å². The first-order valence-corrected chi connectivity index (χ1v) is 10.3. The Labute approximate surface area is 166 Å². The number of unbranched alkanes of at least 4 members (excludes halogenated alkanes) is 2. The first-order valence-electron chi connectivity index (χ1n) is 10.3. The third-order valence-electron chi connectivity index (χ3n) is 5.80. The summed E-state index contributed by atoms with van der Waals surface area (Å²) in [4.78, 5) is 15.8. The van der Waals surface area contributed by atoms with E-state index in [9.17, 15) is 0 Å². The summed E-state index contributed by atoms with van der Waals surface area (Å²) >= 11 is 0. The number of nitrogens with zero attached hydrogens (tertiary/aromatic N) is 4. The standard InChI is InChI=1S/C23H27N5/c1-17-9-8-15-25-22(17)20-12-7-13-21(28(20)16-6-2-5-14-24)23-26-18-10-3-4-11-19(18)27-23/h3-4,8-11,15,20-21H,2,5-7,12-13,16H2,1H3,(H,26,27)/t20-,21+/m0/s1. The van der Waals surface area contributed by atoms with Crippen molar-refractivity contribution in [2.75, 3.05) is 6.54 Å². The van der Waals surface area contributed by atoms with Crippen LogP contribution in [-0.4, -0.2) is 26.4 Å². The van der Waals surface area contributed by atoms with Crippen LogP contribution in [0.4, 0.5) is 0 Å². The zero-order valence-electron chi connectivity index (χ0n) is 16.4. The smallest absolute Gasteiger partial charge is 0.124 e. The second-order valence-corrected chi connectivity index (χ2v) is 7.66. The molecule has 0 saturated carbocycles. The Morgan fingerprint density at radius 1 is 1.14 bits per heavy atom. The number of aromatic amines is 1. The number of aryl methyl sites for hydroxylation is 1. The largest absolute Gasteiger partial charge is 0.341 e. The molecule has 0 amide bonds. The van der Waals surface area contributed by atoms with Crippen molar-refractivity contribution in [3.8, 4) is 6.07 Å². The molecule has 3 heterocycles. The van der Waals surface area contributed by atoms with E-state index in [-0.39, 0.29) is 6.04 Å². The van der Waals surface area contributed by atoms with E-state index in [1.807, 2.05) is 24.4 Å². The predicted octanol–water partition coefficient (Wildman–Crippen LogP) is 5.23. The van der Waals surface area contributed by atoms with E-state index >= 15 is 0 Å². The quantitative estimate of drug-likeness (QED) is 0.601. The lowest BCUT2D eigenvalue weighted by atomic mass is 9.91. The molecule has 2 atom stereocenters. The Bertz CT molecular complexity index is 937. The molecule has 28 heavy (non-hydrogen) atoms. The second kappa shape index (κ2) is 8.53. The normalized spacial score (nSPS) is 20.3. The summed E-state index contributed by atoms with van der Waals surface area (Å²) in [6.07, 6.45) is 7.86. The van der Waals surface area contributed by atoms with Gasteiger partial charge in [-0.25, -0.2) is 4.98 Å². The summed E-state index contributed by atoms with van der Waals surface area (Å²) in [7, 11) is 0. The van der Waals surface area contributed by atoms with Gasteiger partial charge in [0, 0.05) is 12.6 Å². The lowest BCUT2D eigenvalue weighted by Crippen LogP contribution is -2.38. The number of benzene rings is 1. The molecule has 1 aliphatic rings. The second-order valence-electron chi connectivity index (χ2n) is 7.66. The van der Waals surface area contributed by atoms with Gasteiger partial charge in [-0.3, -0.25) is 9.88 Å². The van der Waals surface area contributed by atoms with E-state index in [0.717, 1.165) is 55.5 Å². The lowest BCUT2D eigenvalue weighted by molar-refractivity contribution is 0.0728. The van der Waals surface area contributed by atoms with E-state index in [0.29, 0.717) is 12.5 Å². The van der Waals surface area contributed by atoms with E-state index in [1.54, 1.807) is 0 Å². The third-order valence-corrected chi connectivity index (χ3v) is 5.80. The summed E-state index contributed by atoms with van der Waals surface area (Å²) < 4.78 is 0. The Morgan fingerprint density at radius 3 is 2.82 bits per heavy atom. The van der Waals surface area contributed by atoms with Gasteiger partial charge in [-0.05, 0) is 69.3 Å². The maximum Gasteiger partial charge on any atom is 0.124 e. The maximum absolute atomic E-state index is 8.89. The zero-order valence-corrected chi connectivity index (χ0v) is 16.4. The van der Waals surface area contributed by atoms with Crippen molar-refractivity contribution >= 4 is 11.0 Å². The minimum absolute atomic E-state index is 0.259. The number of pyridine rings is 1.